The third kappa shape index (κ3) is 8.48. The van der Waals surface area contributed by atoms with Crippen molar-refractivity contribution >= 4 is 16.8 Å². The maximum absolute atomic E-state index is 7.53. The molecular weight excluding hydrogens is 775 g/mol. The van der Waals surface area contributed by atoms with E-state index in [0.717, 1.165) is 56.4 Å². The topological polar surface area (TPSA) is 36.9 Å². The lowest BCUT2D eigenvalue weighted by Crippen LogP contribution is -2.20. The number of para-hydroxylation sites is 2. The quantitative estimate of drug-likeness (QED) is 0.162. The summed E-state index contributed by atoms with van der Waals surface area (Å²) < 4.78 is 29.0. The summed E-state index contributed by atoms with van der Waals surface area (Å²) in [6, 6.07) is 43.5. The molecule has 0 saturated carbocycles. The Kier molecular flexibility index (Phi) is 11.0. The van der Waals surface area contributed by atoms with E-state index in [-0.39, 0.29) is 21.7 Å². The monoisotopic (exact) mass is 834 g/mol. The third-order valence-corrected chi connectivity index (χ3v) is 14.4. The maximum atomic E-state index is 7.53. The molecule has 6 heteroatoms. The Morgan fingerprint density at radius 3 is 1.07 bits per heavy atom. The average molecular weight is 835 g/mol. The van der Waals surface area contributed by atoms with Gasteiger partial charge in [0.15, 0.2) is 0 Å². The molecule has 0 aliphatic carbocycles. The fraction of sp³-hybridized carbons (Fsp3) is 0.333. The molecule has 6 aromatic carbocycles. The second kappa shape index (κ2) is 15.7. The Morgan fingerprint density at radius 2 is 0.717 bits per heavy atom. The fourth-order valence-electron chi connectivity index (χ4n) is 8.08. The number of benzene rings is 6. The lowest BCUT2D eigenvalue weighted by atomic mass is 9.75. The third-order valence-electron chi connectivity index (χ3n) is 11.6. The molecule has 2 aliphatic rings. The van der Waals surface area contributed by atoms with Crippen LogP contribution < -0.4 is 18.1 Å². The van der Waals surface area contributed by atoms with Crippen molar-refractivity contribution in [2.45, 2.75) is 117 Å². The molecule has 2 unspecified atom stereocenters. The minimum atomic E-state index is -1.47. The first-order valence-corrected chi connectivity index (χ1v) is 24.0. The van der Waals surface area contributed by atoms with Gasteiger partial charge in [-0.25, -0.2) is 0 Å². The van der Waals surface area contributed by atoms with Gasteiger partial charge in [-0.2, -0.15) is 0 Å². The highest BCUT2D eigenvalue weighted by molar-refractivity contribution is 7.47. The van der Waals surface area contributed by atoms with Crippen LogP contribution in [0, 0.1) is 0 Å². The molecule has 0 N–H and O–H groups in total. The van der Waals surface area contributed by atoms with Crippen molar-refractivity contribution in [2.75, 3.05) is 0 Å². The largest absolute Gasteiger partial charge is 0.438 e. The van der Waals surface area contributed by atoms with E-state index in [4.69, 9.17) is 18.1 Å². The van der Waals surface area contributed by atoms with Crippen LogP contribution in [0.5, 0.6) is 23.0 Å². The highest BCUT2D eigenvalue weighted by atomic mass is 31.2. The van der Waals surface area contributed by atoms with E-state index in [0.29, 0.717) is 12.3 Å². The van der Waals surface area contributed by atoms with Gasteiger partial charge in [0.25, 0.3) is 16.8 Å². The predicted molar refractivity (Wildman–Crippen MR) is 254 cm³/mol. The zero-order valence-corrected chi connectivity index (χ0v) is 39.3. The van der Waals surface area contributed by atoms with Crippen LogP contribution in [0.3, 0.4) is 0 Å². The lowest BCUT2D eigenvalue weighted by molar-refractivity contribution is 0.466. The molecule has 0 saturated heterocycles. The van der Waals surface area contributed by atoms with E-state index in [2.05, 4.69) is 192 Å². The van der Waals surface area contributed by atoms with Crippen LogP contribution in [-0.2, 0) is 34.0 Å². The van der Waals surface area contributed by atoms with Crippen molar-refractivity contribution in [1.29, 1.82) is 0 Å². The Balaban J connectivity index is 1.38. The first kappa shape index (κ1) is 42.1. The van der Waals surface area contributed by atoms with Gasteiger partial charge in [-0.15, -0.1) is 0 Å². The summed E-state index contributed by atoms with van der Waals surface area (Å²) in [5.41, 5.74) is 13.0. The number of fused-ring (bicyclic) bond motifs is 6. The van der Waals surface area contributed by atoms with Crippen LogP contribution in [0.2, 0.25) is 0 Å². The zero-order valence-electron chi connectivity index (χ0n) is 37.5. The molecule has 2 aliphatic heterocycles. The van der Waals surface area contributed by atoms with E-state index in [9.17, 15) is 0 Å². The molecule has 0 radical (unpaired) electrons. The molecule has 0 amide bonds. The van der Waals surface area contributed by atoms with Crippen molar-refractivity contribution in [2.24, 2.45) is 0 Å². The SMILES string of the molecule is CC(C)(C)c1cc(-c2cc(C(C)(C)C)cc(C(C)(C)C)c2OP2Cc3ccccc3-c3ccccc3O2)c(OP2Cc3ccccc3-c3ccccc3O2)c(C(C)(C)C)c1. The van der Waals surface area contributed by atoms with Crippen molar-refractivity contribution in [3.8, 4) is 56.4 Å². The van der Waals surface area contributed by atoms with Gasteiger partial charge < -0.3 is 18.1 Å². The summed E-state index contributed by atoms with van der Waals surface area (Å²) in [6.07, 6.45) is 1.31. The number of hydrogen-bond acceptors (Lipinski definition) is 4. The first-order valence-electron chi connectivity index (χ1n) is 21.3. The van der Waals surface area contributed by atoms with Gasteiger partial charge in [0, 0.05) is 33.4 Å². The van der Waals surface area contributed by atoms with Crippen LogP contribution in [0.1, 0.15) is 116 Å². The smallest absolute Gasteiger partial charge is 0.295 e. The molecule has 8 rings (SSSR count). The van der Waals surface area contributed by atoms with Crippen LogP contribution >= 0.6 is 16.8 Å². The Morgan fingerprint density at radius 1 is 0.383 bits per heavy atom. The van der Waals surface area contributed by atoms with Gasteiger partial charge in [-0.3, -0.25) is 0 Å². The fourth-order valence-corrected chi connectivity index (χ4v) is 11.1. The first-order chi connectivity index (χ1) is 28.3. The maximum Gasteiger partial charge on any atom is 0.295 e. The van der Waals surface area contributed by atoms with Crippen LogP contribution in [0.4, 0.5) is 0 Å². The summed E-state index contributed by atoms with van der Waals surface area (Å²) in [5, 5.41) is 0. The minimum absolute atomic E-state index is 0.146. The highest BCUT2D eigenvalue weighted by Gasteiger charge is 2.36. The Hall–Kier alpha value is -4.62. The van der Waals surface area contributed by atoms with Crippen molar-refractivity contribution in [3.05, 3.63) is 155 Å². The molecule has 310 valence electrons. The number of hydrogen-bond donors (Lipinski definition) is 0. The summed E-state index contributed by atoms with van der Waals surface area (Å²) in [5.74, 6) is 3.39. The van der Waals surface area contributed by atoms with Gasteiger partial charge in [-0.1, -0.05) is 180 Å². The van der Waals surface area contributed by atoms with Crippen molar-refractivity contribution in [1.82, 2.24) is 0 Å². The Labute approximate surface area is 361 Å². The van der Waals surface area contributed by atoms with Gasteiger partial charge in [0.1, 0.15) is 23.0 Å². The lowest BCUT2D eigenvalue weighted by Gasteiger charge is -2.33. The van der Waals surface area contributed by atoms with Gasteiger partial charge >= 0.3 is 0 Å². The second-order valence-corrected chi connectivity index (χ2v) is 23.1. The van der Waals surface area contributed by atoms with Gasteiger partial charge in [0.2, 0.25) is 0 Å². The molecule has 4 nitrogen and oxygen atoms in total. The van der Waals surface area contributed by atoms with Gasteiger partial charge in [-0.05, 0) is 79.3 Å². The number of rotatable bonds is 5. The molecule has 0 bridgehead atoms. The van der Waals surface area contributed by atoms with Crippen LogP contribution in [0.15, 0.2) is 121 Å². The van der Waals surface area contributed by atoms with Crippen molar-refractivity contribution < 1.29 is 18.1 Å². The summed E-state index contributed by atoms with van der Waals surface area (Å²) in [4.78, 5) is 0. The molecular formula is C54H60O4P2. The van der Waals surface area contributed by atoms with Crippen molar-refractivity contribution in [3.63, 3.8) is 0 Å². The van der Waals surface area contributed by atoms with E-state index < -0.39 is 16.8 Å². The Bertz CT molecular complexity index is 2290. The molecule has 6 aromatic rings. The van der Waals surface area contributed by atoms with Crippen LogP contribution in [0.25, 0.3) is 33.4 Å². The molecule has 2 heterocycles. The summed E-state index contributed by atoms with van der Waals surface area (Å²) >= 11 is 0. The molecule has 0 aromatic heterocycles. The normalized spacial score (nSPS) is 16.5. The second-order valence-electron chi connectivity index (χ2n) is 20.5. The molecule has 60 heavy (non-hydrogen) atoms. The zero-order chi connectivity index (χ0) is 42.8. The van der Waals surface area contributed by atoms with E-state index in [1.807, 2.05) is 12.1 Å². The standard InChI is InChI=1S/C54H60O4P2/c1-51(2,3)37-29-43(49(45(31-37)53(7,8)9)57-59-33-35-21-13-15-23-39(35)41-25-17-19-27-47(41)55-59)44-30-38(52(4,5)6)32-46(54(10,11)12)50(44)58-60-34-36-22-14-16-24-40(36)42-26-18-20-28-48(42)56-60/h13-32H,33-34H2,1-12H3. The van der Waals surface area contributed by atoms with E-state index >= 15 is 0 Å². The van der Waals surface area contributed by atoms with Gasteiger partial charge in [0.05, 0.1) is 12.3 Å². The summed E-state index contributed by atoms with van der Waals surface area (Å²) in [7, 11) is -2.93. The van der Waals surface area contributed by atoms with E-state index in [1.165, 1.54) is 33.4 Å². The highest BCUT2D eigenvalue weighted by Crippen LogP contribution is 2.59. The summed E-state index contributed by atoms with van der Waals surface area (Å²) in [6.45, 7) is 27.5. The minimum Gasteiger partial charge on any atom is -0.438 e. The van der Waals surface area contributed by atoms with Crippen LogP contribution in [-0.4, -0.2) is 0 Å². The molecule has 0 fully saturated rings. The van der Waals surface area contributed by atoms with E-state index in [1.54, 1.807) is 0 Å². The predicted octanol–water partition coefficient (Wildman–Crippen LogP) is 16.4. The molecule has 0 spiro atoms. The average Bonchev–Trinajstić information content (AvgIpc) is 3.43. The molecule has 2 atom stereocenters.